The van der Waals surface area contributed by atoms with Gasteiger partial charge in [-0.1, -0.05) is 30.3 Å². The lowest BCUT2D eigenvalue weighted by Gasteiger charge is -2.30. The van der Waals surface area contributed by atoms with Gasteiger partial charge in [0.25, 0.3) is 0 Å². The molecule has 1 heterocycles. The van der Waals surface area contributed by atoms with Gasteiger partial charge in [0.2, 0.25) is 23.6 Å². The van der Waals surface area contributed by atoms with Crippen LogP contribution in [0.5, 0.6) is 0 Å². The summed E-state index contributed by atoms with van der Waals surface area (Å²) in [7, 11) is 0. The topological polar surface area (TPSA) is 185 Å². The maximum Gasteiger partial charge on any atom is 0.327 e. The molecule has 0 radical (unpaired) electrons. The number of carbonyl (C=O) groups excluding carboxylic acids is 4. The lowest BCUT2D eigenvalue weighted by Crippen LogP contribution is -2.57. The molecular formula is C21H29N5O6S. The van der Waals surface area contributed by atoms with E-state index >= 15 is 0 Å². The Bertz CT molecular complexity index is 883. The van der Waals surface area contributed by atoms with E-state index in [2.05, 4.69) is 23.3 Å². The van der Waals surface area contributed by atoms with Crippen LogP contribution in [-0.4, -0.2) is 76.1 Å². The Morgan fingerprint density at radius 2 is 1.79 bits per heavy atom. The molecule has 180 valence electrons. The lowest BCUT2D eigenvalue weighted by molar-refractivity contribution is -0.144. The summed E-state index contributed by atoms with van der Waals surface area (Å²) in [5.41, 5.74) is 11.6. The summed E-state index contributed by atoms with van der Waals surface area (Å²) >= 11 is 3.94. The molecule has 11 nitrogen and oxygen atoms in total. The highest BCUT2D eigenvalue weighted by atomic mass is 32.1. The van der Waals surface area contributed by atoms with Gasteiger partial charge in [-0.05, 0) is 18.4 Å². The average Bonchev–Trinajstić information content (AvgIpc) is 3.26. The zero-order chi connectivity index (χ0) is 24.5. The monoisotopic (exact) mass is 479 g/mol. The Labute approximate surface area is 196 Å². The first-order valence-corrected chi connectivity index (χ1v) is 11.1. The van der Waals surface area contributed by atoms with Crippen LogP contribution >= 0.6 is 12.6 Å². The molecule has 12 heteroatoms. The summed E-state index contributed by atoms with van der Waals surface area (Å²) in [4.78, 5) is 62.3. The number of rotatable bonds is 11. The van der Waals surface area contributed by atoms with Gasteiger partial charge in [-0.15, -0.1) is 0 Å². The van der Waals surface area contributed by atoms with Gasteiger partial charge in [0.1, 0.15) is 18.1 Å². The predicted octanol–water partition coefficient (Wildman–Crippen LogP) is -1.59. The van der Waals surface area contributed by atoms with Gasteiger partial charge in [-0.25, -0.2) is 4.79 Å². The number of thiol groups is 1. The number of benzene rings is 1. The molecule has 1 fully saturated rings. The molecule has 33 heavy (non-hydrogen) atoms. The first-order chi connectivity index (χ1) is 15.6. The van der Waals surface area contributed by atoms with E-state index in [4.69, 9.17) is 16.6 Å². The van der Waals surface area contributed by atoms with Gasteiger partial charge in [-0.2, -0.15) is 12.6 Å². The molecule has 1 saturated heterocycles. The third-order valence-electron chi connectivity index (χ3n) is 5.29. The van der Waals surface area contributed by atoms with E-state index in [1.165, 1.54) is 4.90 Å². The van der Waals surface area contributed by atoms with Crippen LogP contribution in [0.15, 0.2) is 30.3 Å². The number of likely N-dealkylation sites (tertiary alicyclic amines) is 1. The number of nitrogens with two attached hydrogens (primary N) is 2. The smallest absolute Gasteiger partial charge is 0.327 e. The zero-order valence-corrected chi connectivity index (χ0v) is 18.9. The van der Waals surface area contributed by atoms with E-state index in [0.29, 0.717) is 12.8 Å². The summed E-state index contributed by atoms with van der Waals surface area (Å²) in [5, 5.41) is 14.1. The minimum atomic E-state index is -1.23. The van der Waals surface area contributed by atoms with Gasteiger partial charge < -0.3 is 32.1 Å². The van der Waals surface area contributed by atoms with Gasteiger partial charge in [0.05, 0.1) is 12.5 Å². The maximum absolute atomic E-state index is 13.4. The van der Waals surface area contributed by atoms with E-state index in [9.17, 15) is 24.0 Å². The number of amides is 4. The Kier molecular flexibility index (Phi) is 9.67. The number of hydrogen-bond donors (Lipinski definition) is 6. The summed E-state index contributed by atoms with van der Waals surface area (Å²) in [5.74, 6) is -3.91. The molecule has 4 unspecified atom stereocenters. The van der Waals surface area contributed by atoms with Crippen molar-refractivity contribution in [2.24, 2.45) is 11.5 Å². The summed E-state index contributed by atoms with van der Waals surface area (Å²) in [6.07, 6.45) is 0.639. The van der Waals surface area contributed by atoms with Crippen LogP contribution in [0.1, 0.15) is 24.8 Å². The van der Waals surface area contributed by atoms with Crippen molar-refractivity contribution >= 4 is 42.2 Å². The van der Waals surface area contributed by atoms with Crippen LogP contribution in [0.2, 0.25) is 0 Å². The second-order valence-corrected chi connectivity index (χ2v) is 8.16. The number of primary amides is 1. The second kappa shape index (κ2) is 12.2. The van der Waals surface area contributed by atoms with Gasteiger partial charge in [0, 0.05) is 18.7 Å². The van der Waals surface area contributed by atoms with Gasteiger partial charge >= 0.3 is 5.97 Å². The third-order valence-corrected chi connectivity index (χ3v) is 5.66. The first kappa shape index (κ1) is 26.1. The third kappa shape index (κ3) is 7.46. The Balaban J connectivity index is 2.20. The molecule has 0 aliphatic carbocycles. The summed E-state index contributed by atoms with van der Waals surface area (Å²) in [6, 6.07) is 4.61. The average molecular weight is 480 g/mol. The molecule has 0 aromatic heterocycles. The van der Waals surface area contributed by atoms with E-state index in [0.717, 1.165) is 5.56 Å². The molecule has 1 aromatic rings. The van der Waals surface area contributed by atoms with Crippen LogP contribution in [0.3, 0.4) is 0 Å². The van der Waals surface area contributed by atoms with Crippen LogP contribution in [0.25, 0.3) is 0 Å². The predicted molar refractivity (Wildman–Crippen MR) is 122 cm³/mol. The van der Waals surface area contributed by atoms with Crippen molar-refractivity contribution in [1.82, 2.24) is 15.5 Å². The highest BCUT2D eigenvalue weighted by Gasteiger charge is 2.39. The molecule has 2 rings (SSSR count). The van der Waals surface area contributed by atoms with Crippen molar-refractivity contribution in [3.8, 4) is 0 Å². The quantitative estimate of drug-likeness (QED) is 0.206. The highest BCUT2D eigenvalue weighted by Crippen LogP contribution is 2.20. The van der Waals surface area contributed by atoms with Crippen molar-refractivity contribution in [3.05, 3.63) is 35.9 Å². The number of aliphatic carboxylic acids is 1. The number of nitrogens with one attached hydrogen (secondary N) is 2. The van der Waals surface area contributed by atoms with Crippen molar-refractivity contribution in [2.75, 3.05) is 12.3 Å². The molecule has 1 aliphatic rings. The number of carboxylic acids is 1. The molecule has 4 amide bonds. The largest absolute Gasteiger partial charge is 0.480 e. The minimum Gasteiger partial charge on any atom is -0.480 e. The van der Waals surface area contributed by atoms with Gasteiger partial charge in [0.15, 0.2) is 0 Å². The van der Waals surface area contributed by atoms with E-state index in [1.54, 1.807) is 24.3 Å². The molecule has 0 bridgehead atoms. The van der Waals surface area contributed by atoms with E-state index in [1.807, 2.05) is 6.07 Å². The molecule has 0 spiro atoms. The fourth-order valence-electron chi connectivity index (χ4n) is 3.59. The number of hydrogen-bond acceptors (Lipinski definition) is 7. The number of carboxylic acid groups (broad SMARTS) is 1. The highest BCUT2D eigenvalue weighted by molar-refractivity contribution is 7.80. The normalized spacial score (nSPS) is 18.1. The molecule has 1 aromatic carbocycles. The van der Waals surface area contributed by atoms with Crippen molar-refractivity contribution in [2.45, 2.75) is 49.9 Å². The molecular weight excluding hydrogens is 450 g/mol. The standard InChI is InChI=1S/C21H29N5O6S/c22-13(10-17(23)27)18(28)24-14(9-12-5-2-1-3-6-12)20(30)26-8-4-7-16(26)19(29)25-15(11-33)21(31)32/h1-3,5-6,13-16,33H,4,7-11,22H2,(H2,23,27)(H,24,28)(H,25,29)(H,31,32). The molecule has 7 N–H and O–H groups in total. The fraction of sp³-hybridized carbons (Fsp3) is 0.476. The van der Waals surface area contributed by atoms with E-state index < -0.39 is 53.8 Å². The molecule has 1 aliphatic heterocycles. The number of carbonyl (C=O) groups is 5. The van der Waals surface area contributed by atoms with Crippen molar-refractivity contribution < 1.29 is 29.1 Å². The molecule has 0 saturated carbocycles. The van der Waals surface area contributed by atoms with Crippen LogP contribution < -0.4 is 22.1 Å². The number of nitrogens with zero attached hydrogens (tertiary/aromatic N) is 1. The van der Waals surface area contributed by atoms with Crippen molar-refractivity contribution in [1.29, 1.82) is 0 Å². The van der Waals surface area contributed by atoms with E-state index in [-0.39, 0.29) is 25.1 Å². The van der Waals surface area contributed by atoms with Crippen LogP contribution in [0.4, 0.5) is 0 Å². The lowest BCUT2D eigenvalue weighted by atomic mass is 10.0. The van der Waals surface area contributed by atoms with Crippen LogP contribution in [0, 0.1) is 0 Å². The first-order valence-electron chi connectivity index (χ1n) is 10.5. The second-order valence-electron chi connectivity index (χ2n) is 7.80. The minimum absolute atomic E-state index is 0.105. The summed E-state index contributed by atoms with van der Waals surface area (Å²) < 4.78 is 0. The maximum atomic E-state index is 13.4. The van der Waals surface area contributed by atoms with Crippen molar-refractivity contribution in [3.63, 3.8) is 0 Å². The zero-order valence-electron chi connectivity index (χ0n) is 18.0. The van der Waals surface area contributed by atoms with Crippen LogP contribution in [-0.2, 0) is 30.4 Å². The Morgan fingerprint density at radius 3 is 2.36 bits per heavy atom. The fourth-order valence-corrected chi connectivity index (χ4v) is 3.84. The molecule has 4 atom stereocenters. The Morgan fingerprint density at radius 1 is 1.12 bits per heavy atom. The van der Waals surface area contributed by atoms with Gasteiger partial charge in [-0.3, -0.25) is 19.2 Å². The SMILES string of the molecule is NC(=O)CC(N)C(=O)NC(Cc1ccccc1)C(=O)N1CCCC1C(=O)NC(CS)C(=O)O. The Hall–Kier alpha value is -3.12. The summed E-state index contributed by atoms with van der Waals surface area (Å²) in [6.45, 7) is 0.268.